The number of carbonyl (C=O) groups excluding carboxylic acids is 1. The van der Waals surface area contributed by atoms with E-state index >= 15 is 0 Å². The molecule has 0 radical (unpaired) electrons. The molecular formula is C20H26O2. The number of rotatable bonds is 1. The van der Waals surface area contributed by atoms with Crippen LogP contribution in [0.25, 0.3) is 0 Å². The quantitative estimate of drug-likeness (QED) is 0.547. The molecule has 2 heteroatoms. The molecule has 22 heavy (non-hydrogen) atoms. The minimum Gasteiger partial charge on any atom is -0.427 e. The van der Waals surface area contributed by atoms with Crippen molar-refractivity contribution in [3.63, 3.8) is 0 Å². The molecule has 4 atom stereocenters. The van der Waals surface area contributed by atoms with Gasteiger partial charge in [0.25, 0.3) is 0 Å². The van der Waals surface area contributed by atoms with Crippen LogP contribution in [0.1, 0.15) is 69.4 Å². The first-order valence-electron chi connectivity index (χ1n) is 8.88. The first-order chi connectivity index (χ1) is 10.6. The lowest BCUT2D eigenvalue weighted by molar-refractivity contribution is -0.131. The first-order valence-corrected chi connectivity index (χ1v) is 8.88. The second-order valence-electron chi connectivity index (χ2n) is 7.95. The van der Waals surface area contributed by atoms with Crippen molar-refractivity contribution in [3.05, 3.63) is 29.3 Å². The number of hydrogen-bond acceptors (Lipinski definition) is 2. The summed E-state index contributed by atoms with van der Waals surface area (Å²) < 4.78 is 5.26. The number of hydrogen-bond donors (Lipinski definition) is 0. The lowest BCUT2D eigenvalue weighted by Gasteiger charge is -2.49. The van der Waals surface area contributed by atoms with Gasteiger partial charge in [0, 0.05) is 6.92 Å². The van der Waals surface area contributed by atoms with Gasteiger partial charge >= 0.3 is 5.97 Å². The van der Waals surface area contributed by atoms with Crippen molar-refractivity contribution < 1.29 is 9.53 Å². The summed E-state index contributed by atoms with van der Waals surface area (Å²) in [7, 11) is 0. The van der Waals surface area contributed by atoms with Gasteiger partial charge in [0.05, 0.1) is 0 Å². The van der Waals surface area contributed by atoms with E-state index < -0.39 is 0 Å². The van der Waals surface area contributed by atoms with Gasteiger partial charge in [0.15, 0.2) is 0 Å². The zero-order valence-electron chi connectivity index (χ0n) is 13.7. The summed E-state index contributed by atoms with van der Waals surface area (Å²) in [4.78, 5) is 11.1. The Bertz CT molecular complexity index is 606. The van der Waals surface area contributed by atoms with Crippen LogP contribution in [-0.4, -0.2) is 5.97 Å². The molecule has 0 N–H and O–H groups in total. The highest BCUT2D eigenvalue weighted by molar-refractivity contribution is 5.69. The second-order valence-corrected chi connectivity index (χ2v) is 7.95. The summed E-state index contributed by atoms with van der Waals surface area (Å²) in [6.07, 6.45) is 9.53. The van der Waals surface area contributed by atoms with Crippen LogP contribution in [0.15, 0.2) is 18.2 Å². The third-order valence-electron chi connectivity index (χ3n) is 6.74. The minimum atomic E-state index is -0.229. The van der Waals surface area contributed by atoms with E-state index in [9.17, 15) is 4.79 Å². The average molecular weight is 298 g/mol. The van der Waals surface area contributed by atoms with Crippen LogP contribution < -0.4 is 4.74 Å². The molecule has 0 saturated heterocycles. The van der Waals surface area contributed by atoms with E-state index in [0.717, 1.165) is 24.2 Å². The zero-order valence-corrected chi connectivity index (χ0v) is 13.7. The van der Waals surface area contributed by atoms with Gasteiger partial charge in [-0.25, -0.2) is 0 Å². The van der Waals surface area contributed by atoms with Crippen LogP contribution in [0.4, 0.5) is 0 Å². The molecule has 4 rings (SSSR count). The maximum Gasteiger partial charge on any atom is 0.308 e. The Balaban J connectivity index is 1.64. The van der Waals surface area contributed by atoms with Crippen molar-refractivity contribution in [1.82, 2.24) is 0 Å². The van der Waals surface area contributed by atoms with E-state index in [1.807, 2.05) is 6.07 Å². The SMILES string of the molecule is CC(=O)Oc1ccc2c(c1)CC[C@@H]1[C@@H]2CC[C@]2(C)CCC[C@@H]12. The Morgan fingerprint density at radius 2 is 2.09 bits per heavy atom. The van der Waals surface area contributed by atoms with Gasteiger partial charge in [0.2, 0.25) is 0 Å². The number of esters is 1. The van der Waals surface area contributed by atoms with Gasteiger partial charge in [-0.15, -0.1) is 0 Å². The molecule has 3 aliphatic rings. The molecule has 1 aromatic carbocycles. The topological polar surface area (TPSA) is 26.3 Å². The maximum atomic E-state index is 11.1. The Hall–Kier alpha value is -1.31. The summed E-state index contributed by atoms with van der Waals surface area (Å²) >= 11 is 0. The fourth-order valence-electron chi connectivity index (χ4n) is 5.78. The number of fused-ring (bicyclic) bond motifs is 5. The molecule has 2 saturated carbocycles. The van der Waals surface area contributed by atoms with Crippen molar-refractivity contribution in [2.45, 2.75) is 64.7 Å². The van der Waals surface area contributed by atoms with E-state index in [0.29, 0.717) is 11.2 Å². The van der Waals surface area contributed by atoms with Gasteiger partial charge in [-0.1, -0.05) is 19.4 Å². The molecule has 0 spiro atoms. The van der Waals surface area contributed by atoms with E-state index in [-0.39, 0.29) is 5.97 Å². The molecule has 0 bridgehead atoms. The van der Waals surface area contributed by atoms with Crippen molar-refractivity contribution in [3.8, 4) is 5.75 Å². The smallest absolute Gasteiger partial charge is 0.308 e. The monoisotopic (exact) mass is 298 g/mol. The molecule has 1 aromatic rings. The third kappa shape index (κ3) is 2.19. The first kappa shape index (κ1) is 14.3. The van der Waals surface area contributed by atoms with Crippen LogP contribution >= 0.6 is 0 Å². The number of benzene rings is 1. The third-order valence-corrected chi connectivity index (χ3v) is 6.74. The largest absolute Gasteiger partial charge is 0.427 e. The molecule has 2 nitrogen and oxygen atoms in total. The molecule has 0 amide bonds. The van der Waals surface area contributed by atoms with E-state index in [1.165, 1.54) is 51.0 Å². The number of carbonyl (C=O) groups is 1. The highest BCUT2D eigenvalue weighted by Crippen LogP contribution is 2.60. The summed E-state index contributed by atoms with van der Waals surface area (Å²) in [5, 5.41) is 0. The van der Waals surface area contributed by atoms with Crippen molar-refractivity contribution >= 4 is 5.97 Å². The normalized spacial score (nSPS) is 36.2. The van der Waals surface area contributed by atoms with Crippen molar-refractivity contribution in [2.75, 3.05) is 0 Å². The summed E-state index contributed by atoms with van der Waals surface area (Å²) in [5.41, 5.74) is 3.58. The summed E-state index contributed by atoms with van der Waals surface area (Å²) in [6, 6.07) is 6.34. The van der Waals surface area contributed by atoms with Crippen LogP contribution in [0.3, 0.4) is 0 Å². The fraction of sp³-hybridized carbons (Fsp3) is 0.650. The Kier molecular flexibility index (Phi) is 3.32. The molecular weight excluding hydrogens is 272 g/mol. The molecule has 3 aliphatic carbocycles. The average Bonchev–Trinajstić information content (AvgIpc) is 2.88. The number of aryl methyl sites for hydroxylation is 1. The zero-order chi connectivity index (χ0) is 15.3. The summed E-state index contributed by atoms with van der Waals surface area (Å²) in [5.74, 6) is 3.05. The standard InChI is InChI=1S/C20H26O2/c1-13(21)22-15-6-8-16-14(12-15)5-7-18-17(16)9-11-20(2)10-3-4-19(18)20/h6,8,12,17-19H,3-5,7,9-11H2,1-2H3/t17-,18-,19+,20+/m1/s1. The highest BCUT2D eigenvalue weighted by atomic mass is 16.5. The Morgan fingerprint density at radius 3 is 2.91 bits per heavy atom. The minimum absolute atomic E-state index is 0.229. The molecule has 0 heterocycles. The van der Waals surface area contributed by atoms with Gasteiger partial charge in [0.1, 0.15) is 5.75 Å². The van der Waals surface area contributed by atoms with E-state index in [4.69, 9.17) is 4.74 Å². The predicted molar refractivity (Wildman–Crippen MR) is 87.0 cm³/mol. The fourth-order valence-corrected chi connectivity index (χ4v) is 5.78. The van der Waals surface area contributed by atoms with Gasteiger partial charge in [-0.2, -0.15) is 0 Å². The van der Waals surface area contributed by atoms with Crippen molar-refractivity contribution in [1.29, 1.82) is 0 Å². The number of ether oxygens (including phenoxy) is 1. The molecule has 0 aromatic heterocycles. The van der Waals surface area contributed by atoms with Gasteiger partial charge < -0.3 is 4.74 Å². The molecule has 0 aliphatic heterocycles. The predicted octanol–water partition coefficient (Wildman–Crippen LogP) is 4.86. The lowest BCUT2D eigenvalue weighted by atomic mass is 9.56. The Morgan fingerprint density at radius 1 is 1.23 bits per heavy atom. The molecule has 2 fully saturated rings. The summed E-state index contributed by atoms with van der Waals surface area (Å²) in [6.45, 7) is 4.01. The van der Waals surface area contributed by atoms with Crippen LogP contribution in [0, 0.1) is 17.3 Å². The molecule has 0 unspecified atom stereocenters. The van der Waals surface area contributed by atoms with Crippen LogP contribution in [0.5, 0.6) is 5.75 Å². The van der Waals surface area contributed by atoms with Crippen LogP contribution in [0.2, 0.25) is 0 Å². The maximum absolute atomic E-state index is 11.1. The highest BCUT2D eigenvalue weighted by Gasteiger charge is 2.50. The Labute approximate surface area is 133 Å². The van der Waals surface area contributed by atoms with Crippen molar-refractivity contribution in [2.24, 2.45) is 17.3 Å². The second kappa shape index (κ2) is 5.11. The molecule has 118 valence electrons. The van der Waals surface area contributed by atoms with E-state index in [2.05, 4.69) is 19.1 Å². The van der Waals surface area contributed by atoms with Gasteiger partial charge in [-0.3, -0.25) is 4.79 Å². The lowest BCUT2D eigenvalue weighted by Crippen LogP contribution is -2.39. The van der Waals surface area contributed by atoms with Crippen LogP contribution in [-0.2, 0) is 11.2 Å². The van der Waals surface area contributed by atoms with Gasteiger partial charge in [-0.05, 0) is 85.0 Å². The van der Waals surface area contributed by atoms with E-state index in [1.54, 1.807) is 5.56 Å².